The van der Waals surface area contributed by atoms with E-state index in [0.717, 1.165) is 18.5 Å². The van der Waals surface area contributed by atoms with Crippen molar-refractivity contribution < 1.29 is 0 Å². The molecule has 66 valence electrons. The predicted octanol–water partition coefficient (Wildman–Crippen LogP) is 0.0296. The molecular formula is C7H13N5. The molecule has 1 aromatic rings. The zero-order chi connectivity index (χ0) is 8.81. The second-order valence-electron chi connectivity index (χ2n) is 2.36. The fraction of sp³-hybridized carbons (Fsp3) is 0.429. The van der Waals surface area contributed by atoms with E-state index >= 15 is 0 Å². The summed E-state index contributed by atoms with van der Waals surface area (Å²) in [4.78, 5) is 4.22. The number of hydrogen-bond acceptors (Lipinski definition) is 3. The van der Waals surface area contributed by atoms with Crippen LogP contribution in [0.2, 0.25) is 0 Å². The summed E-state index contributed by atoms with van der Waals surface area (Å²) in [6.45, 7) is 2.83. The SMILES string of the molecule is CCCN=C(NN)c1cn[nH]c1. The summed E-state index contributed by atoms with van der Waals surface area (Å²) in [6, 6.07) is 0. The van der Waals surface area contributed by atoms with Crippen LogP contribution in [0.4, 0.5) is 0 Å². The molecule has 0 fully saturated rings. The van der Waals surface area contributed by atoms with E-state index in [1.165, 1.54) is 0 Å². The van der Waals surface area contributed by atoms with Crippen LogP contribution < -0.4 is 11.3 Å². The smallest absolute Gasteiger partial charge is 0.145 e. The molecule has 4 N–H and O–H groups in total. The van der Waals surface area contributed by atoms with Gasteiger partial charge in [0.05, 0.1) is 11.8 Å². The van der Waals surface area contributed by atoms with Crippen LogP contribution in [0, 0.1) is 0 Å². The fourth-order valence-corrected chi connectivity index (χ4v) is 0.824. The van der Waals surface area contributed by atoms with Gasteiger partial charge in [0, 0.05) is 12.7 Å². The van der Waals surface area contributed by atoms with Crippen molar-refractivity contribution in [1.29, 1.82) is 0 Å². The molecule has 0 saturated carbocycles. The molecule has 1 rings (SSSR count). The first-order valence-electron chi connectivity index (χ1n) is 3.88. The Labute approximate surface area is 71.0 Å². The summed E-state index contributed by atoms with van der Waals surface area (Å²) >= 11 is 0. The van der Waals surface area contributed by atoms with Crippen molar-refractivity contribution in [1.82, 2.24) is 15.6 Å². The quantitative estimate of drug-likeness (QED) is 0.257. The van der Waals surface area contributed by atoms with Gasteiger partial charge in [-0.25, -0.2) is 5.84 Å². The van der Waals surface area contributed by atoms with E-state index in [4.69, 9.17) is 5.84 Å². The van der Waals surface area contributed by atoms with Crippen LogP contribution in [-0.2, 0) is 0 Å². The maximum absolute atomic E-state index is 5.28. The highest BCUT2D eigenvalue weighted by Crippen LogP contribution is 1.94. The van der Waals surface area contributed by atoms with Gasteiger partial charge in [0.1, 0.15) is 5.84 Å². The Balaban J connectivity index is 2.69. The van der Waals surface area contributed by atoms with Gasteiger partial charge >= 0.3 is 0 Å². The van der Waals surface area contributed by atoms with Gasteiger partial charge in [0.2, 0.25) is 0 Å². The largest absolute Gasteiger partial charge is 0.308 e. The summed E-state index contributed by atoms with van der Waals surface area (Å²) in [7, 11) is 0. The molecule has 0 spiro atoms. The maximum atomic E-state index is 5.28. The van der Waals surface area contributed by atoms with Crippen molar-refractivity contribution in [3.8, 4) is 0 Å². The highest BCUT2D eigenvalue weighted by molar-refractivity contribution is 5.97. The number of aromatic nitrogens is 2. The van der Waals surface area contributed by atoms with E-state index in [2.05, 4.69) is 27.5 Å². The Morgan fingerprint density at radius 3 is 3.17 bits per heavy atom. The number of H-pyrrole nitrogens is 1. The molecule has 0 aliphatic heterocycles. The molecule has 5 nitrogen and oxygen atoms in total. The van der Waals surface area contributed by atoms with E-state index in [1.54, 1.807) is 12.4 Å². The molecule has 0 atom stereocenters. The first-order valence-corrected chi connectivity index (χ1v) is 3.88. The number of aromatic amines is 1. The van der Waals surface area contributed by atoms with Gasteiger partial charge < -0.3 is 5.43 Å². The lowest BCUT2D eigenvalue weighted by Crippen LogP contribution is -2.31. The van der Waals surface area contributed by atoms with Gasteiger partial charge in [-0.15, -0.1) is 0 Å². The van der Waals surface area contributed by atoms with Gasteiger partial charge in [-0.3, -0.25) is 10.1 Å². The Bertz CT molecular complexity index is 238. The third-order valence-electron chi connectivity index (χ3n) is 1.40. The van der Waals surface area contributed by atoms with Gasteiger partial charge in [0.15, 0.2) is 0 Å². The monoisotopic (exact) mass is 167 g/mol. The molecule has 0 bridgehead atoms. The molecule has 0 aliphatic carbocycles. The molecule has 12 heavy (non-hydrogen) atoms. The fourth-order valence-electron chi connectivity index (χ4n) is 0.824. The molecule has 0 aromatic carbocycles. The van der Waals surface area contributed by atoms with Gasteiger partial charge in [-0.05, 0) is 6.42 Å². The standard InChI is InChI=1S/C7H13N5/c1-2-3-9-7(12-8)6-4-10-11-5-6/h4-5H,2-3,8H2,1H3,(H,9,12)(H,10,11). The molecule has 0 radical (unpaired) electrons. The van der Waals surface area contributed by atoms with E-state index in [0.29, 0.717) is 5.84 Å². The lowest BCUT2D eigenvalue weighted by molar-refractivity contribution is 0.908. The second kappa shape index (κ2) is 4.50. The van der Waals surface area contributed by atoms with Crippen LogP contribution in [0.3, 0.4) is 0 Å². The predicted molar refractivity (Wildman–Crippen MR) is 47.6 cm³/mol. The lowest BCUT2D eigenvalue weighted by atomic mass is 10.3. The average molecular weight is 167 g/mol. The number of hydrogen-bond donors (Lipinski definition) is 3. The Kier molecular flexibility index (Phi) is 3.28. The number of amidine groups is 1. The minimum absolute atomic E-state index is 0.672. The number of nitrogens with two attached hydrogens (primary N) is 1. The zero-order valence-electron chi connectivity index (χ0n) is 7.04. The number of nitrogens with one attached hydrogen (secondary N) is 2. The molecule has 5 heteroatoms. The van der Waals surface area contributed by atoms with Gasteiger partial charge in [-0.1, -0.05) is 6.92 Å². The van der Waals surface area contributed by atoms with Crippen LogP contribution in [-0.4, -0.2) is 22.6 Å². The lowest BCUT2D eigenvalue weighted by Gasteiger charge is -2.00. The van der Waals surface area contributed by atoms with Gasteiger partial charge in [0.25, 0.3) is 0 Å². The van der Waals surface area contributed by atoms with E-state index in [9.17, 15) is 0 Å². The van der Waals surface area contributed by atoms with Crippen LogP contribution in [0.5, 0.6) is 0 Å². The second-order valence-corrected chi connectivity index (χ2v) is 2.36. The van der Waals surface area contributed by atoms with Gasteiger partial charge in [-0.2, -0.15) is 5.10 Å². The summed E-state index contributed by atoms with van der Waals surface area (Å²) in [5, 5.41) is 6.49. The molecule has 0 amide bonds. The highest BCUT2D eigenvalue weighted by atomic mass is 15.3. The topological polar surface area (TPSA) is 79.1 Å². The van der Waals surface area contributed by atoms with Crippen molar-refractivity contribution in [3.05, 3.63) is 18.0 Å². The first-order chi connectivity index (χ1) is 5.88. The third-order valence-corrected chi connectivity index (χ3v) is 1.40. The molecule has 1 aromatic heterocycles. The van der Waals surface area contributed by atoms with Crippen molar-refractivity contribution in [3.63, 3.8) is 0 Å². The molecule has 1 heterocycles. The summed E-state index contributed by atoms with van der Waals surface area (Å²) in [5.74, 6) is 5.95. The number of aliphatic imine (C=N–C) groups is 1. The minimum atomic E-state index is 0.672. The molecule has 0 aliphatic rings. The Morgan fingerprint density at radius 1 is 1.83 bits per heavy atom. The van der Waals surface area contributed by atoms with Crippen molar-refractivity contribution in [2.45, 2.75) is 13.3 Å². The third kappa shape index (κ3) is 2.06. The van der Waals surface area contributed by atoms with Crippen LogP contribution in [0.1, 0.15) is 18.9 Å². The number of rotatable bonds is 3. The maximum Gasteiger partial charge on any atom is 0.145 e. The zero-order valence-corrected chi connectivity index (χ0v) is 7.04. The van der Waals surface area contributed by atoms with E-state index in [1.807, 2.05) is 0 Å². The van der Waals surface area contributed by atoms with Crippen molar-refractivity contribution in [2.24, 2.45) is 10.8 Å². The molecule has 0 saturated heterocycles. The van der Waals surface area contributed by atoms with Crippen molar-refractivity contribution >= 4 is 5.84 Å². The van der Waals surface area contributed by atoms with Crippen LogP contribution in [0.25, 0.3) is 0 Å². The summed E-state index contributed by atoms with van der Waals surface area (Å²) in [5.41, 5.74) is 3.41. The number of nitrogens with zero attached hydrogens (tertiary/aromatic N) is 2. The average Bonchev–Trinajstić information content (AvgIpc) is 2.59. The highest BCUT2D eigenvalue weighted by Gasteiger charge is 2.00. The van der Waals surface area contributed by atoms with E-state index in [-0.39, 0.29) is 0 Å². The minimum Gasteiger partial charge on any atom is -0.308 e. The molecule has 0 unspecified atom stereocenters. The summed E-state index contributed by atoms with van der Waals surface area (Å²) in [6.07, 6.45) is 4.42. The number of hydrazine groups is 1. The molecular weight excluding hydrogens is 154 g/mol. The van der Waals surface area contributed by atoms with E-state index < -0.39 is 0 Å². The van der Waals surface area contributed by atoms with Crippen LogP contribution in [0.15, 0.2) is 17.4 Å². The van der Waals surface area contributed by atoms with Crippen molar-refractivity contribution in [2.75, 3.05) is 6.54 Å². The first kappa shape index (κ1) is 8.73. The Morgan fingerprint density at radius 2 is 2.67 bits per heavy atom. The summed E-state index contributed by atoms with van der Waals surface area (Å²) < 4.78 is 0. The Hall–Kier alpha value is -1.36. The normalized spacial score (nSPS) is 11.7. The van der Waals surface area contributed by atoms with Crippen LogP contribution >= 0.6 is 0 Å².